The summed E-state index contributed by atoms with van der Waals surface area (Å²) in [7, 11) is 1.82. The van der Waals surface area contributed by atoms with Gasteiger partial charge >= 0.3 is 0 Å². The molecule has 3 atom stereocenters. The Kier molecular flexibility index (Phi) is 14.5. The highest BCUT2D eigenvalue weighted by Crippen LogP contribution is 2.35. The van der Waals surface area contributed by atoms with Crippen LogP contribution in [0.1, 0.15) is 99.8 Å². The van der Waals surface area contributed by atoms with E-state index in [0.717, 1.165) is 0 Å². The Morgan fingerprint density at radius 2 is 1.50 bits per heavy atom. The molecule has 40 heavy (non-hydrogen) atoms. The zero-order valence-corrected chi connectivity index (χ0v) is 25.7. The van der Waals surface area contributed by atoms with Crippen LogP contribution in [0.15, 0.2) is 0 Å². The van der Waals surface area contributed by atoms with Crippen LogP contribution in [0.2, 0.25) is 0 Å². The molecule has 0 aromatic carbocycles. The summed E-state index contributed by atoms with van der Waals surface area (Å²) in [5.74, 6) is -1.16. The summed E-state index contributed by atoms with van der Waals surface area (Å²) in [6, 6.07) is -0.978. The van der Waals surface area contributed by atoms with E-state index in [9.17, 15) is 28.8 Å². The Morgan fingerprint density at radius 3 is 1.98 bits per heavy atom. The van der Waals surface area contributed by atoms with Crippen LogP contribution in [0.25, 0.3) is 0 Å². The summed E-state index contributed by atoms with van der Waals surface area (Å²) in [4.78, 5) is 76.9. The fourth-order valence-corrected chi connectivity index (χ4v) is 5.06. The first-order valence-electron chi connectivity index (χ1n) is 14.6. The van der Waals surface area contributed by atoms with E-state index in [1.807, 2.05) is 53.5 Å². The second kappa shape index (κ2) is 16.4. The average Bonchev–Trinajstić information content (AvgIpc) is 3.08. The van der Waals surface area contributed by atoms with Crippen LogP contribution < -0.4 is 16.2 Å². The molecule has 0 radical (unpaired) electrons. The van der Waals surface area contributed by atoms with Crippen LogP contribution in [-0.2, 0) is 28.8 Å². The number of likely N-dealkylation sites (N-methyl/N-ethyl adjacent to an activating group) is 1. The number of nitrogens with zero attached hydrogens (tertiary/aromatic N) is 2. The quantitative estimate of drug-likeness (QED) is 0.139. The van der Waals surface area contributed by atoms with Gasteiger partial charge in [0.15, 0.2) is 5.78 Å². The number of carbonyl (C=O) groups is 6. The molecule has 1 aliphatic rings. The Labute approximate surface area is 239 Å². The van der Waals surface area contributed by atoms with Crippen molar-refractivity contribution >= 4 is 35.3 Å². The van der Waals surface area contributed by atoms with Crippen molar-refractivity contribution in [3.05, 3.63) is 0 Å². The van der Waals surface area contributed by atoms with Crippen LogP contribution >= 0.6 is 0 Å². The van der Waals surface area contributed by atoms with Crippen molar-refractivity contribution in [2.45, 2.75) is 112 Å². The number of unbranched alkanes of at least 4 members (excludes halogenated alkanes) is 2. The third-order valence-corrected chi connectivity index (χ3v) is 7.70. The first-order valence-corrected chi connectivity index (χ1v) is 14.6. The van der Waals surface area contributed by atoms with Gasteiger partial charge in [0.1, 0.15) is 0 Å². The lowest BCUT2D eigenvalue weighted by Crippen LogP contribution is -2.54. The lowest BCUT2D eigenvalue weighted by atomic mass is 9.86. The molecule has 1 saturated heterocycles. The molecule has 0 aliphatic carbocycles. The SMILES string of the molecule is CCC1(C)CC(=O)N(CCCCCC(=O)NNC(=O)CCCN(C)C(C(=O)N[C@H](C(C)=O)C(C)C)C(C)C)C1=O. The number of hydrazine groups is 1. The monoisotopic (exact) mass is 565 g/mol. The second-order valence-electron chi connectivity index (χ2n) is 12.0. The first kappa shape index (κ1) is 35.2. The molecule has 1 heterocycles. The first-order chi connectivity index (χ1) is 18.6. The number of amides is 5. The predicted octanol–water partition coefficient (Wildman–Crippen LogP) is 2.34. The fourth-order valence-electron chi connectivity index (χ4n) is 5.06. The number of imide groups is 1. The highest BCUT2D eigenvalue weighted by atomic mass is 16.2. The van der Waals surface area contributed by atoms with Gasteiger partial charge in [0.05, 0.1) is 17.5 Å². The molecule has 0 bridgehead atoms. The van der Waals surface area contributed by atoms with E-state index < -0.39 is 17.5 Å². The molecule has 0 saturated carbocycles. The normalized spacial score (nSPS) is 18.8. The number of nitrogens with one attached hydrogen (secondary N) is 3. The highest BCUT2D eigenvalue weighted by molar-refractivity contribution is 6.05. The molecular formula is C29H51N5O6. The molecule has 11 heteroatoms. The number of Topliss-reactive ketones (excluding diaryl/α,β-unsaturated/α-hetero) is 1. The zero-order valence-electron chi connectivity index (χ0n) is 25.7. The molecule has 1 aliphatic heterocycles. The number of hydrogen-bond acceptors (Lipinski definition) is 7. The minimum Gasteiger partial charge on any atom is -0.345 e. The summed E-state index contributed by atoms with van der Waals surface area (Å²) < 4.78 is 0. The Hall–Kier alpha value is -2.82. The van der Waals surface area contributed by atoms with E-state index in [1.165, 1.54) is 11.8 Å². The van der Waals surface area contributed by atoms with E-state index in [-0.39, 0.29) is 66.4 Å². The molecular weight excluding hydrogens is 514 g/mol. The molecule has 0 spiro atoms. The lowest BCUT2D eigenvalue weighted by molar-refractivity contribution is -0.141. The summed E-state index contributed by atoms with van der Waals surface area (Å²) >= 11 is 0. The van der Waals surface area contributed by atoms with Crippen molar-refractivity contribution in [1.82, 2.24) is 26.0 Å². The topological polar surface area (TPSA) is 145 Å². The van der Waals surface area contributed by atoms with E-state index in [1.54, 1.807) is 0 Å². The van der Waals surface area contributed by atoms with Crippen molar-refractivity contribution < 1.29 is 28.8 Å². The van der Waals surface area contributed by atoms with Gasteiger partial charge < -0.3 is 5.32 Å². The Bertz CT molecular complexity index is 921. The maximum atomic E-state index is 12.9. The Balaban J connectivity index is 2.31. The third-order valence-electron chi connectivity index (χ3n) is 7.70. The van der Waals surface area contributed by atoms with Crippen molar-refractivity contribution in [3.63, 3.8) is 0 Å². The number of rotatable bonds is 17. The van der Waals surface area contributed by atoms with E-state index in [0.29, 0.717) is 45.2 Å². The Morgan fingerprint density at radius 1 is 0.925 bits per heavy atom. The third kappa shape index (κ3) is 10.6. The van der Waals surface area contributed by atoms with Crippen molar-refractivity contribution in [2.75, 3.05) is 20.1 Å². The highest BCUT2D eigenvalue weighted by Gasteiger charge is 2.46. The molecule has 1 rings (SSSR count). The minimum absolute atomic E-state index is 0.00533. The van der Waals surface area contributed by atoms with Gasteiger partial charge in [0.2, 0.25) is 29.5 Å². The van der Waals surface area contributed by atoms with Gasteiger partial charge in [-0.05, 0) is 58.0 Å². The standard InChI is InChI=1S/C29H51N5O6/c1-9-29(7)18-24(38)34(28(29)40)17-12-10-11-14-22(36)31-32-23(37)15-13-16-33(8)26(20(4)5)27(39)30-25(19(2)3)21(6)35/h19-20,25-26H,9-18H2,1-8H3,(H,30,39)(H,31,36)(H,32,37)/t25-,26?,29?/m0/s1. The summed E-state index contributed by atoms with van der Waals surface area (Å²) in [5, 5.41) is 2.87. The van der Waals surface area contributed by atoms with Crippen LogP contribution in [0, 0.1) is 17.3 Å². The molecule has 2 unspecified atom stereocenters. The number of ketones is 1. The van der Waals surface area contributed by atoms with Gasteiger partial charge in [-0.2, -0.15) is 0 Å². The van der Waals surface area contributed by atoms with Crippen LogP contribution in [0.5, 0.6) is 0 Å². The molecule has 11 nitrogen and oxygen atoms in total. The molecule has 228 valence electrons. The molecule has 0 aromatic rings. The van der Waals surface area contributed by atoms with E-state index >= 15 is 0 Å². The van der Waals surface area contributed by atoms with E-state index in [4.69, 9.17) is 0 Å². The molecule has 5 amide bonds. The lowest BCUT2D eigenvalue weighted by Gasteiger charge is -2.32. The van der Waals surface area contributed by atoms with Crippen molar-refractivity contribution in [2.24, 2.45) is 17.3 Å². The van der Waals surface area contributed by atoms with Crippen molar-refractivity contribution in [1.29, 1.82) is 0 Å². The maximum absolute atomic E-state index is 12.9. The second-order valence-corrected chi connectivity index (χ2v) is 12.0. The van der Waals surface area contributed by atoms with Crippen LogP contribution in [-0.4, -0.2) is 77.3 Å². The van der Waals surface area contributed by atoms with Crippen LogP contribution in [0.4, 0.5) is 0 Å². The molecule has 1 fully saturated rings. The number of carbonyl (C=O) groups excluding carboxylic acids is 6. The van der Waals surface area contributed by atoms with Gasteiger partial charge in [-0.15, -0.1) is 0 Å². The summed E-state index contributed by atoms with van der Waals surface area (Å²) in [6.07, 6.45) is 3.67. The van der Waals surface area contributed by atoms with Crippen molar-refractivity contribution in [3.8, 4) is 0 Å². The maximum Gasteiger partial charge on any atom is 0.238 e. The summed E-state index contributed by atoms with van der Waals surface area (Å²) in [6.45, 7) is 13.7. The zero-order chi connectivity index (χ0) is 30.6. The fraction of sp³-hybridized carbons (Fsp3) is 0.793. The predicted molar refractivity (Wildman–Crippen MR) is 152 cm³/mol. The number of hydrogen-bond donors (Lipinski definition) is 3. The van der Waals surface area contributed by atoms with Gasteiger partial charge in [0, 0.05) is 25.8 Å². The van der Waals surface area contributed by atoms with Gasteiger partial charge in [0.25, 0.3) is 0 Å². The summed E-state index contributed by atoms with van der Waals surface area (Å²) in [5.41, 5.74) is 4.25. The molecule has 3 N–H and O–H groups in total. The molecule has 0 aromatic heterocycles. The van der Waals surface area contributed by atoms with E-state index in [2.05, 4.69) is 16.2 Å². The largest absolute Gasteiger partial charge is 0.345 e. The van der Waals surface area contributed by atoms with Gasteiger partial charge in [-0.3, -0.25) is 49.4 Å². The minimum atomic E-state index is -0.595. The smallest absolute Gasteiger partial charge is 0.238 e. The average molecular weight is 566 g/mol. The number of likely N-dealkylation sites (tertiary alicyclic amines) is 1. The van der Waals surface area contributed by atoms with Gasteiger partial charge in [-0.1, -0.05) is 48.0 Å². The van der Waals surface area contributed by atoms with Crippen LogP contribution in [0.3, 0.4) is 0 Å². The van der Waals surface area contributed by atoms with Gasteiger partial charge in [-0.25, -0.2) is 0 Å².